The summed E-state index contributed by atoms with van der Waals surface area (Å²) >= 11 is 0. The van der Waals surface area contributed by atoms with Gasteiger partial charge in [0.25, 0.3) is 5.56 Å². The molecule has 11 heteroatoms. The first-order valence-corrected chi connectivity index (χ1v) is 10.2. The second kappa shape index (κ2) is 9.76. The second-order valence-electron chi connectivity index (χ2n) is 7.27. The van der Waals surface area contributed by atoms with Gasteiger partial charge in [0.2, 0.25) is 11.9 Å². The number of pyridine rings is 1. The summed E-state index contributed by atoms with van der Waals surface area (Å²) in [5.41, 5.74) is 1.70. The molecular formula is C23H20N8O3. The van der Waals surface area contributed by atoms with Crippen LogP contribution in [0.2, 0.25) is 0 Å². The Morgan fingerprint density at radius 3 is 2.88 bits per heavy atom. The van der Waals surface area contributed by atoms with Gasteiger partial charge in [-0.3, -0.25) is 18.8 Å². The van der Waals surface area contributed by atoms with Crippen LogP contribution in [0.15, 0.2) is 66.4 Å². The minimum atomic E-state index is -0.490. The largest absolute Gasteiger partial charge is 0.394 e. The van der Waals surface area contributed by atoms with E-state index in [-0.39, 0.29) is 30.6 Å². The van der Waals surface area contributed by atoms with Gasteiger partial charge < -0.3 is 15.7 Å². The molecular weight excluding hydrogens is 436 g/mol. The van der Waals surface area contributed by atoms with Crippen molar-refractivity contribution in [1.82, 2.24) is 24.3 Å². The van der Waals surface area contributed by atoms with Crippen LogP contribution in [-0.2, 0) is 17.9 Å². The number of carbonyl (C=O) groups is 1. The number of aromatic nitrogens is 5. The van der Waals surface area contributed by atoms with Crippen molar-refractivity contribution >= 4 is 34.3 Å². The number of nitriles is 1. The average molecular weight is 456 g/mol. The SMILES string of the molecule is C=CC(=O)Nc1cccc(Cn2c(=O)c(C#N)cc3cnc(Nc4cnn(CCO)c4)nc32)c1. The Bertz CT molecular complexity index is 1480. The third-order valence-corrected chi connectivity index (χ3v) is 4.89. The summed E-state index contributed by atoms with van der Waals surface area (Å²) in [6.07, 6.45) is 5.96. The fourth-order valence-corrected chi connectivity index (χ4v) is 3.35. The smallest absolute Gasteiger partial charge is 0.270 e. The van der Waals surface area contributed by atoms with E-state index in [1.807, 2.05) is 6.07 Å². The Balaban J connectivity index is 1.73. The normalized spacial score (nSPS) is 10.6. The highest BCUT2D eigenvalue weighted by Gasteiger charge is 2.13. The van der Waals surface area contributed by atoms with Gasteiger partial charge >= 0.3 is 0 Å². The number of hydrogen-bond acceptors (Lipinski definition) is 8. The molecule has 0 atom stereocenters. The first kappa shape index (κ1) is 22.4. The van der Waals surface area contributed by atoms with Crippen LogP contribution in [0.3, 0.4) is 0 Å². The summed E-state index contributed by atoms with van der Waals surface area (Å²) in [7, 11) is 0. The Hall–Kier alpha value is -4.82. The highest BCUT2D eigenvalue weighted by molar-refractivity contribution is 5.98. The van der Waals surface area contributed by atoms with Crippen LogP contribution in [0.4, 0.5) is 17.3 Å². The summed E-state index contributed by atoms with van der Waals surface area (Å²) < 4.78 is 2.96. The quantitative estimate of drug-likeness (QED) is 0.339. The zero-order valence-corrected chi connectivity index (χ0v) is 18.0. The van der Waals surface area contributed by atoms with Crippen molar-refractivity contribution in [2.75, 3.05) is 17.2 Å². The Morgan fingerprint density at radius 1 is 1.26 bits per heavy atom. The molecule has 0 saturated heterocycles. The van der Waals surface area contributed by atoms with Crippen LogP contribution in [0.1, 0.15) is 11.1 Å². The Morgan fingerprint density at radius 2 is 2.12 bits per heavy atom. The van der Waals surface area contributed by atoms with E-state index in [9.17, 15) is 14.9 Å². The number of fused-ring (bicyclic) bond motifs is 1. The summed E-state index contributed by atoms with van der Waals surface area (Å²) in [5, 5.41) is 28.8. The van der Waals surface area contributed by atoms with E-state index < -0.39 is 5.56 Å². The van der Waals surface area contributed by atoms with Crippen molar-refractivity contribution < 1.29 is 9.90 Å². The number of aliphatic hydroxyl groups is 1. The lowest BCUT2D eigenvalue weighted by Gasteiger charge is -2.12. The van der Waals surface area contributed by atoms with E-state index in [4.69, 9.17) is 5.11 Å². The number of carbonyl (C=O) groups excluding carboxylic acids is 1. The van der Waals surface area contributed by atoms with Gasteiger partial charge in [0, 0.05) is 23.5 Å². The molecule has 0 aliphatic carbocycles. The molecule has 0 fully saturated rings. The minimum Gasteiger partial charge on any atom is -0.394 e. The molecule has 4 aromatic rings. The molecule has 170 valence electrons. The van der Waals surface area contributed by atoms with Crippen LogP contribution in [0, 0.1) is 11.3 Å². The molecule has 0 spiro atoms. The summed E-state index contributed by atoms with van der Waals surface area (Å²) in [4.78, 5) is 33.4. The molecule has 1 amide bonds. The lowest BCUT2D eigenvalue weighted by molar-refractivity contribution is -0.111. The molecule has 3 heterocycles. The van der Waals surface area contributed by atoms with Gasteiger partial charge in [0.05, 0.1) is 31.6 Å². The molecule has 3 aromatic heterocycles. The van der Waals surface area contributed by atoms with E-state index in [1.54, 1.807) is 41.3 Å². The van der Waals surface area contributed by atoms with Gasteiger partial charge in [-0.15, -0.1) is 0 Å². The number of amides is 1. The van der Waals surface area contributed by atoms with Gasteiger partial charge in [0.15, 0.2) is 0 Å². The number of aliphatic hydroxyl groups excluding tert-OH is 1. The van der Waals surface area contributed by atoms with Gasteiger partial charge in [-0.25, -0.2) is 4.98 Å². The fourth-order valence-electron chi connectivity index (χ4n) is 3.35. The average Bonchev–Trinajstić information content (AvgIpc) is 3.28. The molecule has 0 bridgehead atoms. The molecule has 0 aliphatic rings. The first-order valence-electron chi connectivity index (χ1n) is 10.2. The van der Waals surface area contributed by atoms with Crippen molar-refractivity contribution in [3.05, 3.63) is 83.1 Å². The Labute approximate surface area is 193 Å². The van der Waals surface area contributed by atoms with Crippen molar-refractivity contribution in [1.29, 1.82) is 5.26 Å². The van der Waals surface area contributed by atoms with Crippen molar-refractivity contribution in [2.24, 2.45) is 0 Å². The second-order valence-corrected chi connectivity index (χ2v) is 7.27. The van der Waals surface area contributed by atoms with E-state index in [0.29, 0.717) is 29.0 Å². The lowest BCUT2D eigenvalue weighted by atomic mass is 10.1. The number of nitrogens with zero attached hydrogens (tertiary/aromatic N) is 6. The minimum absolute atomic E-state index is 0.0294. The van der Waals surface area contributed by atoms with Gasteiger partial charge in [-0.05, 0) is 29.8 Å². The summed E-state index contributed by atoms with van der Waals surface area (Å²) in [5.74, 6) is -0.113. The molecule has 34 heavy (non-hydrogen) atoms. The van der Waals surface area contributed by atoms with Crippen LogP contribution in [-0.4, -0.2) is 41.9 Å². The molecule has 0 unspecified atom stereocenters. The topological polar surface area (TPSA) is 151 Å². The highest BCUT2D eigenvalue weighted by atomic mass is 16.3. The predicted molar refractivity (Wildman–Crippen MR) is 125 cm³/mol. The van der Waals surface area contributed by atoms with Crippen molar-refractivity contribution in [2.45, 2.75) is 13.1 Å². The number of hydrogen-bond donors (Lipinski definition) is 3. The number of rotatable bonds is 8. The first-order chi connectivity index (χ1) is 16.5. The third kappa shape index (κ3) is 4.82. The van der Waals surface area contributed by atoms with Gasteiger partial charge in [-0.2, -0.15) is 15.3 Å². The molecule has 0 radical (unpaired) electrons. The number of anilines is 3. The van der Waals surface area contributed by atoms with Crippen LogP contribution >= 0.6 is 0 Å². The van der Waals surface area contributed by atoms with Crippen molar-refractivity contribution in [3.8, 4) is 6.07 Å². The summed E-state index contributed by atoms with van der Waals surface area (Å²) in [6, 6.07) is 10.4. The number of nitrogens with one attached hydrogen (secondary N) is 2. The fraction of sp³-hybridized carbons (Fsp3) is 0.130. The zero-order valence-electron chi connectivity index (χ0n) is 18.0. The maximum Gasteiger partial charge on any atom is 0.270 e. The maximum absolute atomic E-state index is 13.0. The zero-order chi connectivity index (χ0) is 24.1. The highest BCUT2D eigenvalue weighted by Crippen LogP contribution is 2.18. The Kier molecular flexibility index (Phi) is 6.42. The van der Waals surface area contributed by atoms with Crippen LogP contribution in [0.25, 0.3) is 11.0 Å². The molecule has 4 rings (SSSR count). The van der Waals surface area contributed by atoms with Crippen LogP contribution < -0.4 is 16.2 Å². The van der Waals surface area contributed by atoms with E-state index >= 15 is 0 Å². The summed E-state index contributed by atoms with van der Waals surface area (Å²) in [6.45, 7) is 3.86. The third-order valence-electron chi connectivity index (χ3n) is 4.89. The van der Waals surface area contributed by atoms with Crippen molar-refractivity contribution in [3.63, 3.8) is 0 Å². The predicted octanol–water partition coefficient (Wildman–Crippen LogP) is 1.77. The maximum atomic E-state index is 13.0. The van der Waals surface area contributed by atoms with Gasteiger partial charge in [-0.1, -0.05) is 18.7 Å². The van der Waals surface area contributed by atoms with Gasteiger partial charge in [0.1, 0.15) is 17.3 Å². The number of benzene rings is 1. The van der Waals surface area contributed by atoms with Crippen LogP contribution in [0.5, 0.6) is 0 Å². The van der Waals surface area contributed by atoms with E-state index in [2.05, 4.69) is 32.3 Å². The molecule has 0 saturated carbocycles. The molecule has 0 aliphatic heterocycles. The van der Waals surface area contributed by atoms with E-state index in [1.165, 1.54) is 22.9 Å². The lowest BCUT2D eigenvalue weighted by Crippen LogP contribution is -2.24. The molecule has 3 N–H and O–H groups in total. The molecule has 11 nitrogen and oxygen atoms in total. The standard InChI is InChI=1S/C23H20N8O3/c1-2-20(33)27-18-5-3-4-15(8-18)13-31-21-17(9-16(10-24)22(31)34)11-25-23(29-21)28-19-12-26-30(14-19)6-7-32/h2-5,8-9,11-12,14,32H,1,6-7,13H2,(H,27,33)(H,25,28,29). The molecule has 1 aromatic carbocycles. The monoisotopic (exact) mass is 456 g/mol. The van der Waals surface area contributed by atoms with E-state index in [0.717, 1.165) is 5.56 Å².